The van der Waals surface area contributed by atoms with Crippen molar-refractivity contribution in [2.75, 3.05) is 0 Å². The summed E-state index contributed by atoms with van der Waals surface area (Å²) in [5.74, 6) is 0.523. The topological polar surface area (TPSA) is 37.3 Å². The molecule has 0 saturated carbocycles. The summed E-state index contributed by atoms with van der Waals surface area (Å²) in [5.41, 5.74) is 1.41. The van der Waals surface area contributed by atoms with Crippen LogP contribution in [0.5, 0.6) is 0 Å². The zero-order valence-corrected chi connectivity index (χ0v) is 15.1. The standard InChI is InChI=1S/C20H36O2/c1-6-16(2)10-7-11-17(3)12-8-13-18(4)14-9-15-19(5)20(21)22/h6,14,16-17,19H,1,7-13,15H2,2-5H3,(H,21,22). The van der Waals surface area contributed by atoms with E-state index in [1.165, 1.54) is 37.7 Å². The summed E-state index contributed by atoms with van der Waals surface area (Å²) in [4.78, 5) is 10.7. The van der Waals surface area contributed by atoms with Crippen molar-refractivity contribution in [3.05, 3.63) is 24.3 Å². The van der Waals surface area contributed by atoms with Crippen molar-refractivity contribution in [1.29, 1.82) is 0 Å². The highest BCUT2D eigenvalue weighted by molar-refractivity contribution is 5.69. The minimum absolute atomic E-state index is 0.234. The van der Waals surface area contributed by atoms with E-state index >= 15 is 0 Å². The fourth-order valence-corrected chi connectivity index (χ4v) is 2.59. The molecule has 2 nitrogen and oxygen atoms in total. The summed E-state index contributed by atoms with van der Waals surface area (Å²) >= 11 is 0. The van der Waals surface area contributed by atoms with Crippen molar-refractivity contribution in [2.45, 2.75) is 79.1 Å². The van der Waals surface area contributed by atoms with E-state index in [1.807, 2.05) is 6.08 Å². The first-order valence-corrected chi connectivity index (χ1v) is 8.87. The lowest BCUT2D eigenvalue weighted by molar-refractivity contribution is -0.141. The van der Waals surface area contributed by atoms with E-state index in [2.05, 4.69) is 33.4 Å². The van der Waals surface area contributed by atoms with Crippen molar-refractivity contribution in [2.24, 2.45) is 17.8 Å². The molecule has 0 fully saturated rings. The third-order valence-electron chi connectivity index (χ3n) is 4.54. The van der Waals surface area contributed by atoms with Gasteiger partial charge in [0.2, 0.25) is 0 Å². The molecule has 0 heterocycles. The molecule has 0 rings (SSSR count). The van der Waals surface area contributed by atoms with E-state index < -0.39 is 5.97 Å². The lowest BCUT2D eigenvalue weighted by Gasteiger charge is -2.12. The summed E-state index contributed by atoms with van der Waals surface area (Å²) in [5, 5.41) is 8.84. The molecule has 0 aromatic carbocycles. The summed E-state index contributed by atoms with van der Waals surface area (Å²) in [6.45, 7) is 12.4. The first-order chi connectivity index (χ1) is 10.4. The van der Waals surface area contributed by atoms with Crippen LogP contribution in [0.2, 0.25) is 0 Å². The van der Waals surface area contributed by atoms with Crippen LogP contribution < -0.4 is 0 Å². The number of hydrogen-bond donors (Lipinski definition) is 1. The van der Waals surface area contributed by atoms with Gasteiger partial charge in [0, 0.05) is 0 Å². The van der Waals surface area contributed by atoms with Gasteiger partial charge in [0.1, 0.15) is 0 Å². The Morgan fingerprint density at radius 1 is 1.09 bits per heavy atom. The van der Waals surface area contributed by atoms with Gasteiger partial charge in [-0.2, -0.15) is 0 Å². The second-order valence-corrected chi connectivity index (χ2v) is 7.01. The Kier molecular flexibility index (Phi) is 11.9. The molecule has 2 heteroatoms. The van der Waals surface area contributed by atoms with E-state index in [0.717, 1.165) is 25.2 Å². The van der Waals surface area contributed by atoms with E-state index in [-0.39, 0.29) is 5.92 Å². The van der Waals surface area contributed by atoms with Crippen LogP contribution in [0, 0.1) is 17.8 Å². The molecule has 0 aliphatic carbocycles. The predicted molar refractivity (Wildman–Crippen MR) is 96.0 cm³/mol. The van der Waals surface area contributed by atoms with Gasteiger partial charge in [-0.05, 0) is 50.9 Å². The number of carbonyl (C=O) groups is 1. The molecule has 0 aliphatic rings. The largest absolute Gasteiger partial charge is 0.481 e. The van der Waals surface area contributed by atoms with Gasteiger partial charge in [-0.15, -0.1) is 6.58 Å². The zero-order chi connectivity index (χ0) is 17.0. The van der Waals surface area contributed by atoms with Gasteiger partial charge in [0.05, 0.1) is 5.92 Å². The number of hydrogen-bond acceptors (Lipinski definition) is 1. The number of rotatable bonds is 13. The molecule has 0 amide bonds. The van der Waals surface area contributed by atoms with Crippen LogP contribution in [0.1, 0.15) is 79.1 Å². The molecule has 3 atom stereocenters. The second-order valence-electron chi connectivity index (χ2n) is 7.01. The Labute approximate surface area is 137 Å². The Morgan fingerprint density at radius 2 is 1.73 bits per heavy atom. The molecule has 0 spiro atoms. The van der Waals surface area contributed by atoms with Gasteiger partial charge >= 0.3 is 5.97 Å². The average Bonchev–Trinajstić information content (AvgIpc) is 2.46. The van der Waals surface area contributed by atoms with Crippen molar-refractivity contribution in [3.8, 4) is 0 Å². The smallest absolute Gasteiger partial charge is 0.306 e. The summed E-state index contributed by atoms with van der Waals surface area (Å²) in [7, 11) is 0. The fraction of sp³-hybridized carbons (Fsp3) is 0.750. The van der Waals surface area contributed by atoms with E-state index in [4.69, 9.17) is 5.11 Å². The monoisotopic (exact) mass is 308 g/mol. The third kappa shape index (κ3) is 11.6. The predicted octanol–water partition coefficient (Wildman–Crippen LogP) is 6.23. The number of carboxylic acid groups (broad SMARTS) is 1. The molecule has 128 valence electrons. The van der Waals surface area contributed by atoms with Gasteiger partial charge in [-0.25, -0.2) is 0 Å². The highest BCUT2D eigenvalue weighted by Gasteiger charge is 2.09. The number of aliphatic carboxylic acids is 1. The van der Waals surface area contributed by atoms with Crippen LogP contribution in [0.3, 0.4) is 0 Å². The molecule has 0 aliphatic heterocycles. The van der Waals surface area contributed by atoms with Gasteiger partial charge in [0.15, 0.2) is 0 Å². The van der Waals surface area contributed by atoms with E-state index in [1.54, 1.807) is 6.92 Å². The molecule has 0 aromatic heterocycles. The quantitative estimate of drug-likeness (QED) is 0.409. The fourth-order valence-electron chi connectivity index (χ4n) is 2.59. The van der Waals surface area contributed by atoms with Crippen molar-refractivity contribution in [3.63, 3.8) is 0 Å². The lowest BCUT2D eigenvalue weighted by Crippen LogP contribution is -2.08. The van der Waals surface area contributed by atoms with Crippen LogP contribution >= 0.6 is 0 Å². The van der Waals surface area contributed by atoms with E-state index in [9.17, 15) is 4.79 Å². The van der Waals surface area contributed by atoms with Crippen LogP contribution in [-0.4, -0.2) is 11.1 Å². The maximum absolute atomic E-state index is 10.7. The molecule has 0 radical (unpaired) electrons. The highest BCUT2D eigenvalue weighted by Crippen LogP contribution is 2.20. The molecule has 0 saturated heterocycles. The lowest BCUT2D eigenvalue weighted by atomic mass is 9.94. The Morgan fingerprint density at radius 3 is 2.32 bits per heavy atom. The molecule has 0 aromatic rings. The molecular formula is C20H36O2. The second kappa shape index (κ2) is 12.5. The van der Waals surface area contributed by atoms with Crippen molar-refractivity contribution < 1.29 is 9.90 Å². The van der Waals surface area contributed by atoms with Crippen molar-refractivity contribution >= 4 is 5.97 Å². The summed E-state index contributed by atoms with van der Waals surface area (Å²) in [6, 6.07) is 0. The van der Waals surface area contributed by atoms with Crippen LogP contribution in [0.15, 0.2) is 24.3 Å². The summed E-state index contributed by atoms with van der Waals surface area (Å²) in [6.07, 6.45) is 13.4. The minimum atomic E-state index is -0.689. The van der Waals surface area contributed by atoms with Gasteiger partial charge in [0.25, 0.3) is 0 Å². The van der Waals surface area contributed by atoms with Crippen molar-refractivity contribution in [1.82, 2.24) is 0 Å². The Bertz CT molecular complexity index is 344. The number of allylic oxidation sites excluding steroid dienone is 3. The Hall–Kier alpha value is -1.05. The SMILES string of the molecule is C=CC(C)CCCC(C)CCCC(C)=CCCC(C)C(=O)O. The third-order valence-corrected chi connectivity index (χ3v) is 4.54. The van der Waals surface area contributed by atoms with Gasteiger partial charge in [-0.1, -0.05) is 57.8 Å². The van der Waals surface area contributed by atoms with Gasteiger partial charge < -0.3 is 5.11 Å². The molecule has 22 heavy (non-hydrogen) atoms. The van der Waals surface area contributed by atoms with Crippen LogP contribution in [0.25, 0.3) is 0 Å². The molecular weight excluding hydrogens is 272 g/mol. The maximum Gasteiger partial charge on any atom is 0.306 e. The van der Waals surface area contributed by atoms with Gasteiger partial charge in [-0.3, -0.25) is 4.79 Å². The minimum Gasteiger partial charge on any atom is -0.481 e. The van der Waals surface area contributed by atoms with Crippen LogP contribution in [0.4, 0.5) is 0 Å². The maximum atomic E-state index is 10.7. The average molecular weight is 309 g/mol. The number of carboxylic acids is 1. The highest BCUT2D eigenvalue weighted by atomic mass is 16.4. The first-order valence-electron chi connectivity index (χ1n) is 8.87. The Balaban J connectivity index is 3.71. The summed E-state index contributed by atoms with van der Waals surface area (Å²) < 4.78 is 0. The first kappa shape index (κ1) is 20.9. The molecule has 3 unspecified atom stereocenters. The molecule has 1 N–H and O–H groups in total. The van der Waals surface area contributed by atoms with Crippen LogP contribution in [-0.2, 0) is 4.79 Å². The zero-order valence-electron chi connectivity index (χ0n) is 15.1. The van der Waals surface area contributed by atoms with E-state index in [0.29, 0.717) is 5.92 Å². The molecule has 0 bridgehead atoms. The normalized spacial score (nSPS) is 16.1.